The van der Waals surface area contributed by atoms with Crippen LogP contribution in [-0.4, -0.2) is 17.3 Å². The van der Waals surface area contributed by atoms with Gasteiger partial charge in [0.25, 0.3) is 0 Å². The number of hydrogen-bond donors (Lipinski definition) is 2. The number of hydrogen-bond acceptors (Lipinski definition) is 3. The first-order chi connectivity index (χ1) is 7.22. The monoisotopic (exact) mass is 262 g/mol. The lowest BCUT2D eigenvalue weighted by molar-refractivity contribution is 0.730. The van der Waals surface area contributed by atoms with Gasteiger partial charge in [-0.3, -0.25) is 4.98 Å². The van der Waals surface area contributed by atoms with Crippen LogP contribution in [0.5, 0.6) is 0 Å². The van der Waals surface area contributed by atoms with Crippen LogP contribution < -0.4 is 5.32 Å². The Hall–Kier alpha value is -0.220. The van der Waals surface area contributed by atoms with E-state index >= 15 is 0 Å². The number of nitrogens with one attached hydrogen (secondary N) is 1. The lowest BCUT2D eigenvalue weighted by Gasteiger charge is -2.02. The Kier molecular flexibility index (Phi) is 6.10. The molecule has 0 saturated carbocycles. The fourth-order valence-electron chi connectivity index (χ4n) is 1.05. The molecule has 5 heteroatoms. The summed E-state index contributed by atoms with van der Waals surface area (Å²) in [6.45, 7) is 1.68. The maximum atomic E-state index is 5.52. The maximum absolute atomic E-state index is 5.52. The molecular weight excluding hydrogens is 251 g/mol. The zero-order chi connectivity index (χ0) is 11.1. The van der Waals surface area contributed by atoms with Gasteiger partial charge in [0.2, 0.25) is 0 Å². The molecule has 0 saturated heterocycles. The van der Waals surface area contributed by atoms with E-state index in [1.54, 1.807) is 12.3 Å². The SMILES string of the molecule is SCCNCc1ccc(C=C(Cl)Cl)nc1. The fraction of sp³-hybridized carbons (Fsp3) is 0.300. The van der Waals surface area contributed by atoms with Gasteiger partial charge in [-0.1, -0.05) is 29.3 Å². The predicted octanol–water partition coefficient (Wildman–Crippen LogP) is 2.88. The van der Waals surface area contributed by atoms with Gasteiger partial charge in [0.15, 0.2) is 0 Å². The molecule has 1 N–H and O–H groups in total. The van der Waals surface area contributed by atoms with Crippen molar-refractivity contribution in [1.82, 2.24) is 10.3 Å². The maximum Gasteiger partial charge on any atom is 0.108 e. The molecule has 0 aliphatic heterocycles. The van der Waals surface area contributed by atoms with Crippen molar-refractivity contribution in [2.75, 3.05) is 12.3 Å². The van der Waals surface area contributed by atoms with Crippen molar-refractivity contribution in [3.63, 3.8) is 0 Å². The molecule has 1 aromatic rings. The van der Waals surface area contributed by atoms with Gasteiger partial charge in [0.1, 0.15) is 4.49 Å². The van der Waals surface area contributed by atoms with Crippen LogP contribution in [-0.2, 0) is 6.54 Å². The van der Waals surface area contributed by atoms with E-state index in [4.69, 9.17) is 23.2 Å². The van der Waals surface area contributed by atoms with Crippen LogP contribution in [0.25, 0.3) is 6.08 Å². The summed E-state index contributed by atoms with van der Waals surface area (Å²) in [5.74, 6) is 0.829. The molecule has 0 aromatic carbocycles. The minimum Gasteiger partial charge on any atom is -0.312 e. The third-order valence-electron chi connectivity index (χ3n) is 1.72. The second kappa shape index (κ2) is 7.12. The summed E-state index contributed by atoms with van der Waals surface area (Å²) in [7, 11) is 0. The summed E-state index contributed by atoms with van der Waals surface area (Å²) in [5.41, 5.74) is 1.88. The van der Waals surface area contributed by atoms with Crippen molar-refractivity contribution in [2.24, 2.45) is 0 Å². The normalized spacial score (nSPS) is 10.1. The summed E-state index contributed by atoms with van der Waals surface area (Å²) in [5, 5.41) is 3.23. The molecule has 0 bridgehead atoms. The molecule has 15 heavy (non-hydrogen) atoms. The van der Waals surface area contributed by atoms with Crippen molar-refractivity contribution in [1.29, 1.82) is 0 Å². The summed E-state index contributed by atoms with van der Waals surface area (Å²) >= 11 is 15.1. The number of thiol groups is 1. The van der Waals surface area contributed by atoms with Crippen LogP contribution in [0.4, 0.5) is 0 Å². The largest absolute Gasteiger partial charge is 0.312 e. The van der Waals surface area contributed by atoms with Crippen LogP contribution in [0, 0.1) is 0 Å². The molecule has 82 valence electrons. The lowest BCUT2D eigenvalue weighted by atomic mass is 10.2. The van der Waals surface area contributed by atoms with Gasteiger partial charge < -0.3 is 5.32 Å². The number of nitrogens with zero attached hydrogens (tertiary/aromatic N) is 1. The molecule has 0 aliphatic rings. The highest BCUT2D eigenvalue weighted by atomic mass is 35.5. The van der Waals surface area contributed by atoms with E-state index in [1.165, 1.54) is 0 Å². The molecule has 0 radical (unpaired) electrons. The fourth-order valence-corrected chi connectivity index (χ4v) is 1.43. The van der Waals surface area contributed by atoms with Gasteiger partial charge in [-0.15, -0.1) is 0 Å². The van der Waals surface area contributed by atoms with Crippen molar-refractivity contribution >= 4 is 41.9 Å². The molecule has 0 fully saturated rings. The Morgan fingerprint density at radius 3 is 2.80 bits per heavy atom. The molecule has 1 rings (SSSR count). The Balaban J connectivity index is 2.53. The standard InChI is InChI=1S/C10H12Cl2N2S/c11-10(12)5-9-2-1-8(7-14-9)6-13-3-4-15/h1-2,5,7,13,15H,3-4,6H2. The number of rotatable bonds is 5. The van der Waals surface area contributed by atoms with E-state index in [-0.39, 0.29) is 4.49 Å². The van der Waals surface area contributed by atoms with E-state index < -0.39 is 0 Å². The Morgan fingerprint density at radius 2 is 2.27 bits per heavy atom. The average molecular weight is 263 g/mol. The number of aromatic nitrogens is 1. The summed E-state index contributed by atoms with van der Waals surface area (Å²) in [6.07, 6.45) is 3.40. The molecule has 0 aliphatic carbocycles. The third kappa shape index (κ3) is 5.42. The minimum absolute atomic E-state index is 0.212. The first-order valence-corrected chi connectivity index (χ1v) is 5.90. The van der Waals surface area contributed by atoms with Crippen molar-refractivity contribution in [3.05, 3.63) is 34.1 Å². The van der Waals surface area contributed by atoms with Crippen LogP contribution in [0.1, 0.15) is 11.3 Å². The highest BCUT2D eigenvalue weighted by molar-refractivity contribution is 7.80. The van der Waals surface area contributed by atoms with Crippen LogP contribution >= 0.6 is 35.8 Å². The van der Waals surface area contributed by atoms with E-state index in [0.29, 0.717) is 0 Å². The molecule has 0 unspecified atom stereocenters. The first kappa shape index (κ1) is 12.8. The Morgan fingerprint density at radius 1 is 1.47 bits per heavy atom. The van der Waals surface area contributed by atoms with Crippen LogP contribution in [0.15, 0.2) is 22.8 Å². The minimum atomic E-state index is 0.212. The summed E-state index contributed by atoms with van der Waals surface area (Å²) in [4.78, 5) is 4.19. The molecule has 1 heterocycles. The van der Waals surface area contributed by atoms with E-state index in [1.807, 2.05) is 12.1 Å². The zero-order valence-corrected chi connectivity index (χ0v) is 10.5. The Bertz CT molecular complexity index is 321. The molecule has 2 nitrogen and oxygen atoms in total. The molecular formula is C10H12Cl2N2S. The van der Waals surface area contributed by atoms with Gasteiger partial charge in [-0.2, -0.15) is 12.6 Å². The number of pyridine rings is 1. The first-order valence-electron chi connectivity index (χ1n) is 4.51. The zero-order valence-electron chi connectivity index (χ0n) is 8.08. The van der Waals surface area contributed by atoms with E-state index in [9.17, 15) is 0 Å². The van der Waals surface area contributed by atoms with Gasteiger partial charge in [-0.05, 0) is 17.7 Å². The van der Waals surface area contributed by atoms with Crippen LogP contribution in [0.2, 0.25) is 0 Å². The van der Waals surface area contributed by atoms with Crippen molar-refractivity contribution in [2.45, 2.75) is 6.54 Å². The molecule has 0 amide bonds. The molecule has 0 atom stereocenters. The lowest BCUT2D eigenvalue weighted by Crippen LogP contribution is -2.15. The second-order valence-electron chi connectivity index (χ2n) is 2.93. The smallest absolute Gasteiger partial charge is 0.108 e. The van der Waals surface area contributed by atoms with E-state index in [0.717, 1.165) is 30.1 Å². The highest BCUT2D eigenvalue weighted by Gasteiger charge is 1.94. The van der Waals surface area contributed by atoms with Crippen molar-refractivity contribution < 1.29 is 0 Å². The topological polar surface area (TPSA) is 24.9 Å². The second-order valence-corrected chi connectivity index (χ2v) is 4.38. The van der Waals surface area contributed by atoms with Gasteiger partial charge in [-0.25, -0.2) is 0 Å². The molecule has 1 aromatic heterocycles. The highest BCUT2D eigenvalue weighted by Crippen LogP contribution is 2.12. The van der Waals surface area contributed by atoms with E-state index in [2.05, 4.69) is 22.9 Å². The average Bonchev–Trinajstić information content (AvgIpc) is 2.20. The van der Waals surface area contributed by atoms with Gasteiger partial charge >= 0.3 is 0 Å². The Labute approximate surface area is 105 Å². The summed E-state index contributed by atoms with van der Waals surface area (Å²) in [6, 6.07) is 3.86. The van der Waals surface area contributed by atoms with Crippen LogP contribution in [0.3, 0.4) is 0 Å². The van der Waals surface area contributed by atoms with Crippen molar-refractivity contribution in [3.8, 4) is 0 Å². The number of halogens is 2. The third-order valence-corrected chi connectivity index (χ3v) is 2.16. The quantitative estimate of drug-likeness (QED) is 0.630. The summed E-state index contributed by atoms with van der Waals surface area (Å²) < 4.78 is 0.212. The van der Waals surface area contributed by atoms with Gasteiger partial charge in [0.05, 0.1) is 5.69 Å². The van der Waals surface area contributed by atoms with Gasteiger partial charge in [0, 0.05) is 25.0 Å². The predicted molar refractivity (Wildman–Crippen MR) is 69.5 cm³/mol. The molecule has 0 spiro atoms.